The SMILES string of the molecule is Cc1ccc(-c2nc(CNC(=O)c3cc(C4CC4)nn3C)no2)cc1. The Balaban J connectivity index is 1.41. The smallest absolute Gasteiger partial charge is 0.269 e. The molecule has 0 aliphatic heterocycles. The first kappa shape index (κ1) is 15.6. The van der Waals surface area contributed by atoms with E-state index in [9.17, 15) is 4.79 Å². The second-order valence-corrected chi connectivity index (χ2v) is 6.42. The monoisotopic (exact) mass is 337 g/mol. The average Bonchev–Trinajstić information content (AvgIpc) is 3.22. The molecule has 25 heavy (non-hydrogen) atoms. The van der Waals surface area contributed by atoms with Crippen LogP contribution in [0.3, 0.4) is 0 Å². The second kappa shape index (κ2) is 6.16. The molecule has 1 fully saturated rings. The predicted molar refractivity (Wildman–Crippen MR) is 90.8 cm³/mol. The van der Waals surface area contributed by atoms with Crippen LogP contribution in [0.5, 0.6) is 0 Å². The van der Waals surface area contributed by atoms with Crippen LogP contribution in [-0.4, -0.2) is 25.8 Å². The Hall–Kier alpha value is -2.96. The summed E-state index contributed by atoms with van der Waals surface area (Å²) in [5.74, 6) is 1.21. The van der Waals surface area contributed by atoms with E-state index >= 15 is 0 Å². The normalized spacial score (nSPS) is 13.8. The molecule has 0 spiro atoms. The Bertz CT molecular complexity index is 906. The van der Waals surface area contributed by atoms with Gasteiger partial charge in [0, 0.05) is 18.5 Å². The van der Waals surface area contributed by atoms with E-state index in [0.717, 1.165) is 29.7 Å². The van der Waals surface area contributed by atoms with Crippen LogP contribution in [0.25, 0.3) is 11.5 Å². The van der Waals surface area contributed by atoms with Gasteiger partial charge in [-0.25, -0.2) is 0 Å². The Morgan fingerprint density at radius 2 is 2.08 bits per heavy atom. The number of rotatable bonds is 5. The summed E-state index contributed by atoms with van der Waals surface area (Å²) >= 11 is 0. The van der Waals surface area contributed by atoms with Gasteiger partial charge >= 0.3 is 0 Å². The second-order valence-electron chi connectivity index (χ2n) is 6.42. The van der Waals surface area contributed by atoms with Gasteiger partial charge in [-0.15, -0.1) is 0 Å². The highest BCUT2D eigenvalue weighted by Crippen LogP contribution is 2.39. The first-order valence-corrected chi connectivity index (χ1v) is 8.32. The topological polar surface area (TPSA) is 85.8 Å². The summed E-state index contributed by atoms with van der Waals surface area (Å²) < 4.78 is 6.89. The van der Waals surface area contributed by atoms with Crippen molar-refractivity contribution in [3.8, 4) is 11.5 Å². The van der Waals surface area contributed by atoms with Gasteiger partial charge in [0.2, 0.25) is 0 Å². The Morgan fingerprint density at radius 3 is 2.80 bits per heavy atom. The summed E-state index contributed by atoms with van der Waals surface area (Å²) in [5.41, 5.74) is 3.56. The van der Waals surface area contributed by atoms with Crippen molar-refractivity contribution in [1.29, 1.82) is 0 Å². The lowest BCUT2D eigenvalue weighted by Gasteiger charge is -2.01. The van der Waals surface area contributed by atoms with Crippen molar-refractivity contribution in [1.82, 2.24) is 25.2 Å². The minimum absolute atomic E-state index is 0.191. The fraction of sp³-hybridized carbons (Fsp3) is 0.333. The quantitative estimate of drug-likeness (QED) is 0.773. The van der Waals surface area contributed by atoms with Crippen LogP contribution in [0.1, 0.15) is 46.3 Å². The number of hydrogen-bond donors (Lipinski definition) is 1. The Labute approximate surface area is 145 Å². The third kappa shape index (κ3) is 3.31. The molecule has 0 unspecified atom stereocenters. The first-order valence-electron chi connectivity index (χ1n) is 8.32. The van der Waals surface area contributed by atoms with Gasteiger partial charge in [0.25, 0.3) is 11.8 Å². The lowest BCUT2D eigenvalue weighted by Crippen LogP contribution is -2.25. The zero-order valence-corrected chi connectivity index (χ0v) is 14.2. The van der Waals surface area contributed by atoms with E-state index in [1.807, 2.05) is 37.3 Å². The summed E-state index contributed by atoms with van der Waals surface area (Å²) in [6.45, 7) is 2.23. The fourth-order valence-electron chi connectivity index (χ4n) is 2.67. The highest BCUT2D eigenvalue weighted by Gasteiger charge is 2.28. The van der Waals surface area contributed by atoms with Gasteiger partial charge in [0.05, 0.1) is 12.2 Å². The van der Waals surface area contributed by atoms with Crippen molar-refractivity contribution in [2.24, 2.45) is 7.05 Å². The van der Waals surface area contributed by atoms with E-state index in [-0.39, 0.29) is 12.5 Å². The van der Waals surface area contributed by atoms with Crippen LogP contribution >= 0.6 is 0 Å². The maximum atomic E-state index is 12.4. The molecule has 4 rings (SSSR count). The molecule has 1 aliphatic rings. The number of benzene rings is 1. The molecule has 1 N–H and O–H groups in total. The van der Waals surface area contributed by atoms with E-state index in [0.29, 0.717) is 23.3 Å². The number of aromatic nitrogens is 4. The van der Waals surface area contributed by atoms with Gasteiger partial charge in [0.1, 0.15) is 5.69 Å². The largest absolute Gasteiger partial charge is 0.343 e. The third-order valence-corrected chi connectivity index (χ3v) is 4.30. The molecule has 2 heterocycles. The molecule has 7 heteroatoms. The highest BCUT2D eigenvalue weighted by molar-refractivity contribution is 5.92. The van der Waals surface area contributed by atoms with Gasteiger partial charge in [-0.3, -0.25) is 9.48 Å². The molecule has 7 nitrogen and oxygen atoms in total. The third-order valence-electron chi connectivity index (χ3n) is 4.30. The zero-order chi connectivity index (χ0) is 17.4. The van der Waals surface area contributed by atoms with Crippen LogP contribution in [0.2, 0.25) is 0 Å². The van der Waals surface area contributed by atoms with Gasteiger partial charge in [-0.2, -0.15) is 10.1 Å². The number of hydrogen-bond acceptors (Lipinski definition) is 5. The number of nitrogens with zero attached hydrogens (tertiary/aromatic N) is 4. The van der Waals surface area contributed by atoms with Crippen molar-refractivity contribution in [3.05, 3.63) is 53.1 Å². The molecular weight excluding hydrogens is 318 g/mol. The van der Waals surface area contributed by atoms with E-state index in [2.05, 4.69) is 20.6 Å². The maximum absolute atomic E-state index is 12.4. The lowest BCUT2D eigenvalue weighted by atomic mass is 10.1. The molecule has 0 radical (unpaired) electrons. The average molecular weight is 337 g/mol. The summed E-state index contributed by atoms with van der Waals surface area (Å²) in [5, 5.41) is 11.1. The highest BCUT2D eigenvalue weighted by atomic mass is 16.5. The maximum Gasteiger partial charge on any atom is 0.269 e. The molecule has 0 saturated heterocycles. The summed E-state index contributed by atoms with van der Waals surface area (Å²) in [6, 6.07) is 9.70. The molecule has 0 bridgehead atoms. The standard InChI is InChI=1S/C18H19N5O2/c1-11-3-5-13(6-4-11)18-20-16(22-25-18)10-19-17(24)15-9-14(12-7-8-12)21-23(15)2/h3-6,9,12H,7-8,10H2,1-2H3,(H,19,24). The van der Waals surface area contributed by atoms with Crippen molar-refractivity contribution in [2.45, 2.75) is 32.2 Å². The molecule has 128 valence electrons. The fourth-order valence-corrected chi connectivity index (χ4v) is 2.67. The molecule has 0 atom stereocenters. The number of amides is 1. The first-order chi connectivity index (χ1) is 12.1. The number of aryl methyl sites for hydroxylation is 2. The van der Waals surface area contributed by atoms with Crippen molar-refractivity contribution in [2.75, 3.05) is 0 Å². The molecule has 1 aromatic carbocycles. The van der Waals surface area contributed by atoms with Crippen LogP contribution in [-0.2, 0) is 13.6 Å². The zero-order valence-electron chi connectivity index (χ0n) is 14.2. The molecule has 1 amide bonds. The number of carbonyl (C=O) groups is 1. The van der Waals surface area contributed by atoms with Gasteiger partial charge < -0.3 is 9.84 Å². The van der Waals surface area contributed by atoms with Crippen LogP contribution in [0.15, 0.2) is 34.9 Å². The summed E-state index contributed by atoms with van der Waals surface area (Å²) in [7, 11) is 1.78. The van der Waals surface area contributed by atoms with E-state index in [1.165, 1.54) is 0 Å². The van der Waals surface area contributed by atoms with Gasteiger partial charge in [-0.05, 0) is 38.0 Å². The van der Waals surface area contributed by atoms with Crippen LogP contribution in [0.4, 0.5) is 0 Å². The Morgan fingerprint density at radius 1 is 1.32 bits per heavy atom. The van der Waals surface area contributed by atoms with E-state index < -0.39 is 0 Å². The number of carbonyl (C=O) groups excluding carboxylic acids is 1. The Kier molecular flexibility index (Phi) is 3.83. The van der Waals surface area contributed by atoms with Crippen molar-refractivity contribution in [3.63, 3.8) is 0 Å². The lowest BCUT2D eigenvalue weighted by molar-refractivity contribution is 0.0940. The van der Waals surface area contributed by atoms with Gasteiger partial charge in [0.15, 0.2) is 5.82 Å². The van der Waals surface area contributed by atoms with Crippen LogP contribution < -0.4 is 5.32 Å². The molecule has 3 aromatic rings. The molecule has 1 aliphatic carbocycles. The van der Waals surface area contributed by atoms with E-state index in [4.69, 9.17) is 4.52 Å². The van der Waals surface area contributed by atoms with Gasteiger partial charge in [-0.1, -0.05) is 22.9 Å². The summed E-state index contributed by atoms with van der Waals surface area (Å²) in [4.78, 5) is 16.7. The van der Waals surface area contributed by atoms with Crippen LogP contribution in [0, 0.1) is 6.92 Å². The summed E-state index contributed by atoms with van der Waals surface area (Å²) in [6.07, 6.45) is 2.31. The van der Waals surface area contributed by atoms with Crippen molar-refractivity contribution < 1.29 is 9.32 Å². The van der Waals surface area contributed by atoms with Crippen molar-refractivity contribution >= 4 is 5.91 Å². The predicted octanol–water partition coefficient (Wildman–Crippen LogP) is 2.59. The minimum atomic E-state index is -0.191. The molecular formula is C18H19N5O2. The molecule has 1 saturated carbocycles. The van der Waals surface area contributed by atoms with E-state index in [1.54, 1.807) is 11.7 Å². The molecule has 2 aromatic heterocycles. The minimum Gasteiger partial charge on any atom is -0.343 e. The number of nitrogens with one attached hydrogen (secondary N) is 1.